The number of nitrogens with zero attached hydrogens (tertiary/aromatic N) is 2. The molecule has 0 saturated heterocycles. The van der Waals surface area contributed by atoms with Crippen molar-refractivity contribution in [2.24, 2.45) is 4.99 Å². The highest BCUT2D eigenvalue weighted by Crippen LogP contribution is 2.28. The van der Waals surface area contributed by atoms with Crippen LogP contribution in [0.3, 0.4) is 0 Å². The Kier molecular flexibility index (Phi) is 6.39. The van der Waals surface area contributed by atoms with E-state index in [1.807, 2.05) is 24.3 Å². The topological polar surface area (TPSA) is 80.2 Å². The Morgan fingerprint density at radius 1 is 1.07 bits per heavy atom. The van der Waals surface area contributed by atoms with Gasteiger partial charge >= 0.3 is 12.2 Å². The minimum atomic E-state index is -0.673. The minimum absolute atomic E-state index is 0.127. The predicted molar refractivity (Wildman–Crippen MR) is 112 cm³/mol. The van der Waals surface area contributed by atoms with Crippen LogP contribution < -0.4 is 5.32 Å². The molecule has 1 aromatic carbocycles. The first-order valence-corrected chi connectivity index (χ1v) is 9.76. The maximum atomic E-state index is 12.8. The number of carbonyl (C=O) groups is 2. The van der Waals surface area contributed by atoms with Crippen molar-refractivity contribution in [3.63, 3.8) is 0 Å². The number of carbonyl (C=O) groups excluding carboxylic acids is 2. The zero-order valence-corrected chi connectivity index (χ0v) is 18.7. The third kappa shape index (κ3) is 6.37. The average molecular weight is 487 g/mol. The smallest absolute Gasteiger partial charge is 0.417 e. The summed E-state index contributed by atoms with van der Waals surface area (Å²) in [6.45, 7) is 11.0. The summed E-state index contributed by atoms with van der Waals surface area (Å²) in [4.78, 5) is 30.7. The molecule has 2 rings (SSSR count). The molecule has 27 heavy (non-hydrogen) atoms. The fraction of sp³-hybridized carbons (Fsp3) is 0.526. The number of guanidine groups is 1. The first-order chi connectivity index (χ1) is 12.4. The number of hydrogen-bond acceptors (Lipinski definition) is 5. The van der Waals surface area contributed by atoms with Gasteiger partial charge in [-0.2, -0.15) is 0 Å². The van der Waals surface area contributed by atoms with E-state index < -0.39 is 23.4 Å². The van der Waals surface area contributed by atoms with Crippen LogP contribution in [0, 0.1) is 3.57 Å². The summed E-state index contributed by atoms with van der Waals surface area (Å²) in [5.74, 6) is 0.127. The summed E-state index contributed by atoms with van der Waals surface area (Å²) in [5, 5.41) is 2.58. The quantitative estimate of drug-likeness (QED) is 0.594. The number of amides is 2. The highest BCUT2D eigenvalue weighted by molar-refractivity contribution is 14.1. The molecule has 1 aliphatic heterocycles. The van der Waals surface area contributed by atoms with Gasteiger partial charge < -0.3 is 9.47 Å². The molecule has 0 saturated carbocycles. The van der Waals surface area contributed by atoms with Gasteiger partial charge in [0.05, 0.1) is 12.6 Å². The van der Waals surface area contributed by atoms with Gasteiger partial charge in [-0.15, -0.1) is 0 Å². The second kappa shape index (κ2) is 8.04. The van der Waals surface area contributed by atoms with Gasteiger partial charge in [-0.1, -0.05) is 12.1 Å². The third-order valence-corrected chi connectivity index (χ3v) is 4.13. The fourth-order valence-electron chi connectivity index (χ4n) is 2.44. The van der Waals surface area contributed by atoms with Crippen molar-refractivity contribution in [2.45, 2.75) is 58.8 Å². The fourth-order valence-corrected chi connectivity index (χ4v) is 2.80. The van der Waals surface area contributed by atoms with Crippen molar-refractivity contribution in [1.82, 2.24) is 10.2 Å². The second-order valence-electron chi connectivity index (χ2n) is 8.21. The van der Waals surface area contributed by atoms with Gasteiger partial charge in [-0.3, -0.25) is 5.32 Å². The van der Waals surface area contributed by atoms with Gasteiger partial charge in [0.1, 0.15) is 11.2 Å². The first kappa shape index (κ1) is 21.5. The van der Waals surface area contributed by atoms with E-state index >= 15 is 0 Å². The molecular weight excluding hydrogens is 461 g/mol. The van der Waals surface area contributed by atoms with Crippen molar-refractivity contribution in [3.05, 3.63) is 33.4 Å². The minimum Gasteiger partial charge on any atom is -0.444 e. The van der Waals surface area contributed by atoms with Gasteiger partial charge in [0.2, 0.25) is 5.96 Å². The van der Waals surface area contributed by atoms with Gasteiger partial charge in [-0.25, -0.2) is 19.5 Å². The summed E-state index contributed by atoms with van der Waals surface area (Å²) in [5.41, 5.74) is -0.422. The largest absolute Gasteiger partial charge is 0.444 e. The number of rotatable bonds is 1. The van der Waals surface area contributed by atoms with E-state index in [1.54, 1.807) is 41.5 Å². The molecule has 0 bridgehead atoms. The Morgan fingerprint density at radius 3 is 2.15 bits per heavy atom. The van der Waals surface area contributed by atoms with Crippen LogP contribution in [0.2, 0.25) is 0 Å². The van der Waals surface area contributed by atoms with Crippen molar-refractivity contribution in [2.75, 3.05) is 6.54 Å². The van der Waals surface area contributed by atoms with E-state index in [-0.39, 0.29) is 12.0 Å². The lowest BCUT2D eigenvalue weighted by molar-refractivity contribution is 0.0321. The van der Waals surface area contributed by atoms with Crippen LogP contribution in [0.1, 0.15) is 53.1 Å². The van der Waals surface area contributed by atoms with Gasteiger partial charge in [0, 0.05) is 3.57 Å². The predicted octanol–water partition coefficient (Wildman–Crippen LogP) is 4.46. The van der Waals surface area contributed by atoms with Crippen molar-refractivity contribution in [1.29, 1.82) is 0 Å². The monoisotopic (exact) mass is 487 g/mol. The Bertz CT molecular complexity index is 733. The van der Waals surface area contributed by atoms with Crippen LogP contribution in [0.15, 0.2) is 29.3 Å². The van der Waals surface area contributed by atoms with E-state index in [0.717, 1.165) is 9.13 Å². The maximum Gasteiger partial charge on any atom is 0.417 e. The van der Waals surface area contributed by atoms with Crippen LogP contribution in [0.4, 0.5) is 9.59 Å². The van der Waals surface area contributed by atoms with E-state index in [2.05, 4.69) is 32.9 Å². The van der Waals surface area contributed by atoms with Crippen molar-refractivity contribution in [3.8, 4) is 0 Å². The molecule has 0 aromatic heterocycles. The normalized spacial score (nSPS) is 17.4. The number of aliphatic imine (C=N–C) groups is 1. The molecule has 1 heterocycles. The van der Waals surface area contributed by atoms with Crippen molar-refractivity contribution >= 4 is 40.7 Å². The van der Waals surface area contributed by atoms with Gasteiger partial charge in [-0.05, 0) is 81.8 Å². The Labute approximate surface area is 173 Å². The molecule has 1 atom stereocenters. The molecule has 7 nitrogen and oxygen atoms in total. The van der Waals surface area contributed by atoms with Crippen LogP contribution in [-0.4, -0.2) is 40.8 Å². The number of alkyl carbamates (subject to hydrolysis) is 1. The highest BCUT2D eigenvalue weighted by Gasteiger charge is 2.38. The molecule has 1 unspecified atom stereocenters. The Hall–Kier alpha value is -1.84. The molecule has 0 fully saturated rings. The second-order valence-corrected chi connectivity index (χ2v) is 9.45. The molecule has 1 aromatic rings. The lowest BCUT2D eigenvalue weighted by Crippen LogP contribution is -2.48. The van der Waals surface area contributed by atoms with E-state index in [0.29, 0.717) is 6.54 Å². The number of halogens is 1. The summed E-state index contributed by atoms with van der Waals surface area (Å²) < 4.78 is 11.9. The number of nitrogens with one attached hydrogen (secondary N) is 1. The maximum absolute atomic E-state index is 12.8. The molecule has 0 spiro atoms. The zero-order chi connectivity index (χ0) is 20.4. The van der Waals surface area contributed by atoms with Crippen LogP contribution in [0.5, 0.6) is 0 Å². The Balaban J connectivity index is 2.25. The van der Waals surface area contributed by atoms with Crippen LogP contribution in [0.25, 0.3) is 0 Å². The lowest BCUT2D eigenvalue weighted by atomic mass is 10.1. The van der Waals surface area contributed by atoms with Crippen LogP contribution >= 0.6 is 22.6 Å². The van der Waals surface area contributed by atoms with Crippen LogP contribution in [-0.2, 0) is 9.47 Å². The Morgan fingerprint density at radius 2 is 1.63 bits per heavy atom. The molecule has 148 valence electrons. The zero-order valence-electron chi connectivity index (χ0n) is 16.5. The molecule has 2 amide bonds. The average Bonchev–Trinajstić information content (AvgIpc) is 2.87. The standard InChI is InChI=1S/C19H26IN3O4/c1-18(2,3)26-16(24)22-15-21-11-14(12-7-9-13(20)10-8-12)23(15)17(25)27-19(4,5)6/h7-10,14H,11H2,1-6H3,(H,21,22,24). The van der Waals surface area contributed by atoms with E-state index in [4.69, 9.17) is 9.47 Å². The number of hydrogen-bond donors (Lipinski definition) is 1. The SMILES string of the molecule is CC(C)(C)OC(=O)NC1=NCC(c2ccc(I)cc2)N1C(=O)OC(C)(C)C. The van der Waals surface area contributed by atoms with E-state index in [9.17, 15) is 9.59 Å². The number of benzene rings is 1. The molecule has 0 aliphatic carbocycles. The molecule has 8 heteroatoms. The summed E-state index contributed by atoms with van der Waals surface area (Å²) in [7, 11) is 0. The first-order valence-electron chi connectivity index (χ1n) is 8.68. The number of ether oxygens (including phenoxy) is 2. The summed E-state index contributed by atoms with van der Waals surface area (Å²) in [6, 6.07) is 7.44. The van der Waals surface area contributed by atoms with Gasteiger partial charge in [0.25, 0.3) is 0 Å². The molecular formula is C19H26IN3O4. The molecule has 1 N–H and O–H groups in total. The highest BCUT2D eigenvalue weighted by atomic mass is 127. The lowest BCUT2D eigenvalue weighted by Gasteiger charge is -2.29. The van der Waals surface area contributed by atoms with Gasteiger partial charge in [0.15, 0.2) is 0 Å². The van der Waals surface area contributed by atoms with Crippen molar-refractivity contribution < 1.29 is 19.1 Å². The molecule has 1 aliphatic rings. The van der Waals surface area contributed by atoms with E-state index in [1.165, 1.54) is 4.90 Å². The summed E-state index contributed by atoms with van der Waals surface area (Å²) >= 11 is 2.22. The molecule has 0 radical (unpaired) electrons. The summed E-state index contributed by atoms with van der Waals surface area (Å²) in [6.07, 6.45) is -1.24. The third-order valence-electron chi connectivity index (χ3n) is 3.41.